The number of carbonyl (C=O) groups is 1. The van der Waals surface area contributed by atoms with Gasteiger partial charge in [0.2, 0.25) is 5.95 Å². The molecule has 0 aliphatic carbocycles. The highest BCUT2D eigenvalue weighted by atomic mass is 35.5. The minimum Gasteiger partial charge on any atom is -0.342 e. The number of aromatic nitrogens is 4. The lowest BCUT2D eigenvalue weighted by Gasteiger charge is -2.31. The Morgan fingerprint density at radius 2 is 1.83 bits per heavy atom. The van der Waals surface area contributed by atoms with Crippen LogP contribution in [0.2, 0.25) is 5.02 Å². The summed E-state index contributed by atoms with van der Waals surface area (Å²) < 4.78 is 0. The second-order valence-corrected chi connectivity index (χ2v) is 8.17. The number of imidazole rings is 1. The molecule has 3 aromatic rings. The molecule has 5 rings (SSSR count). The number of hydrogen-bond acceptors (Lipinski definition) is 5. The average molecular weight is 411 g/mol. The Labute approximate surface area is 174 Å². The monoisotopic (exact) mass is 410 g/mol. The molecule has 8 heteroatoms. The summed E-state index contributed by atoms with van der Waals surface area (Å²) in [4.78, 5) is 34.0. The second kappa shape index (κ2) is 7.63. The summed E-state index contributed by atoms with van der Waals surface area (Å²) in [7, 11) is 0. The van der Waals surface area contributed by atoms with Gasteiger partial charge in [0.25, 0.3) is 5.91 Å². The molecule has 29 heavy (non-hydrogen) atoms. The summed E-state index contributed by atoms with van der Waals surface area (Å²) in [5.41, 5.74) is 2.36. The molecule has 0 radical (unpaired) electrons. The lowest BCUT2D eigenvalue weighted by atomic mass is 9.96. The number of para-hydroxylation sites is 2. The first kappa shape index (κ1) is 18.4. The van der Waals surface area contributed by atoms with Crippen molar-refractivity contribution in [2.45, 2.75) is 31.6 Å². The summed E-state index contributed by atoms with van der Waals surface area (Å²) in [6, 6.07) is 8.06. The molecule has 2 fully saturated rings. The van der Waals surface area contributed by atoms with E-state index in [2.05, 4.69) is 19.9 Å². The molecular formula is C21H23ClN6O. The molecule has 0 spiro atoms. The molecule has 2 aliphatic heterocycles. The number of anilines is 1. The minimum absolute atomic E-state index is 0.110. The van der Waals surface area contributed by atoms with Crippen LogP contribution in [-0.4, -0.2) is 56.9 Å². The van der Waals surface area contributed by atoms with E-state index in [1.165, 1.54) is 0 Å². The van der Waals surface area contributed by atoms with Crippen molar-refractivity contribution in [1.82, 2.24) is 24.8 Å². The van der Waals surface area contributed by atoms with Gasteiger partial charge in [0.1, 0.15) is 5.82 Å². The van der Waals surface area contributed by atoms with Crippen LogP contribution < -0.4 is 4.90 Å². The fraction of sp³-hybridized carbons (Fsp3) is 0.429. The van der Waals surface area contributed by atoms with Crippen LogP contribution >= 0.6 is 11.6 Å². The van der Waals surface area contributed by atoms with Crippen LogP contribution in [0.1, 0.15) is 47.9 Å². The number of likely N-dealkylation sites (tertiary alicyclic amines) is 1. The largest absolute Gasteiger partial charge is 0.342 e. The van der Waals surface area contributed by atoms with Gasteiger partial charge in [-0.1, -0.05) is 23.7 Å². The highest BCUT2D eigenvalue weighted by Gasteiger charge is 2.29. The minimum atomic E-state index is -0.110. The Balaban J connectivity index is 1.29. The van der Waals surface area contributed by atoms with Crippen LogP contribution in [0.15, 0.2) is 30.5 Å². The van der Waals surface area contributed by atoms with Gasteiger partial charge in [-0.2, -0.15) is 0 Å². The topological polar surface area (TPSA) is 78.0 Å². The third-order valence-electron chi connectivity index (χ3n) is 5.90. The quantitative estimate of drug-likeness (QED) is 0.713. The predicted molar refractivity (Wildman–Crippen MR) is 112 cm³/mol. The van der Waals surface area contributed by atoms with Crippen molar-refractivity contribution in [2.75, 3.05) is 31.1 Å². The number of nitrogens with one attached hydrogen (secondary N) is 1. The Morgan fingerprint density at radius 1 is 1.07 bits per heavy atom. The van der Waals surface area contributed by atoms with E-state index in [0.29, 0.717) is 35.7 Å². The lowest BCUT2D eigenvalue weighted by Crippen LogP contribution is -2.39. The molecule has 1 aromatic carbocycles. The van der Waals surface area contributed by atoms with E-state index in [0.717, 1.165) is 55.6 Å². The first-order valence-electron chi connectivity index (χ1n) is 10.2. The molecule has 0 unspecified atom stereocenters. The molecule has 7 nitrogen and oxygen atoms in total. The number of piperidine rings is 1. The third kappa shape index (κ3) is 3.55. The third-order valence-corrected chi connectivity index (χ3v) is 6.18. The van der Waals surface area contributed by atoms with E-state index < -0.39 is 0 Å². The molecule has 4 heterocycles. The Hall–Kier alpha value is -2.67. The molecule has 0 saturated carbocycles. The Morgan fingerprint density at radius 3 is 2.59 bits per heavy atom. The van der Waals surface area contributed by atoms with Crippen molar-refractivity contribution < 1.29 is 4.79 Å². The van der Waals surface area contributed by atoms with Gasteiger partial charge in [0, 0.05) is 32.1 Å². The Kier molecular flexibility index (Phi) is 4.83. The fourth-order valence-corrected chi connectivity index (χ4v) is 4.42. The number of rotatable bonds is 3. The molecule has 2 saturated heterocycles. The SMILES string of the molecule is O=C(c1nc(N2CCCC2)ncc1Cl)N1CCC(c2nc3ccccc3[nH]2)CC1. The van der Waals surface area contributed by atoms with E-state index in [4.69, 9.17) is 16.6 Å². The standard InChI is InChI=1S/C21H23ClN6O/c22-15-13-23-21(28-9-3-4-10-28)26-18(15)20(29)27-11-7-14(8-12-27)19-24-16-5-1-2-6-17(16)25-19/h1-2,5-6,13-14H,3-4,7-12H2,(H,24,25). The number of carbonyl (C=O) groups excluding carboxylic acids is 1. The van der Waals surface area contributed by atoms with Gasteiger partial charge in [-0.3, -0.25) is 4.79 Å². The number of H-pyrrole nitrogens is 1. The van der Waals surface area contributed by atoms with E-state index in [9.17, 15) is 4.79 Å². The highest BCUT2D eigenvalue weighted by Crippen LogP contribution is 2.29. The van der Waals surface area contributed by atoms with Gasteiger partial charge in [0.15, 0.2) is 5.69 Å². The first-order valence-corrected chi connectivity index (χ1v) is 10.6. The molecule has 2 aliphatic rings. The van der Waals surface area contributed by atoms with Crippen molar-refractivity contribution in [3.8, 4) is 0 Å². The number of amides is 1. The number of hydrogen-bond donors (Lipinski definition) is 1. The maximum absolute atomic E-state index is 13.1. The molecule has 0 bridgehead atoms. The highest BCUT2D eigenvalue weighted by molar-refractivity contribution is 6.33. The summed E-state index contributed by atoms with van der Waals surface area (Å²) in [6.45, 7) is 3.19. The van der Waals surface area contributed by atoms with Gasteiger partial charge in [-0.05, 0) is 37.8 Å². The van der Waals surface area contributed by atoms with Crippen LogP contribution in [0, 0.1) is 0 Å². The second-order valence-electron chi connectivity index (χ2n) is 7.77. The zero-order valence-electron chi connectivity index (χ0n) is 16.1. The Bertz CT molecular complexity index is 1000. The maximum Gasteiger partial charge on any atom is 0.274 e. The van der Waals surface area contributed by atoms with Crippen molar-refractivity contribution in [2.24, 2.45) is 0 Å². The van der Waals surface area contributed by atoms with Crippen LogP contribution in [-0.2, 0) is 0 Å². The van der Waals surface area contributed by atoms with Gasteiger partial charge in [0.05, 0.1) is 22.3 Å². The summed E-state index contributed by atoms with van der Waals surface area (Å²) in [5, 5.41) is 0.317. The fourth-order valence-electron chi connectivity index (χ4n) is 4.25. The summed E-state index contributed by atoms with van der Waals surface area (Å²) >= 11 is 6.28. The number of fused-ring (bicyclic) bond motifs is 1. The smallest absolute Gasteiger partial charge is 0.274 e. The number of nitrogens with zero attached hydrogens (tertiary/aromatic N) is 5. The zero-order valence-corrected chi connectivity index (χ0v) is 16.9. The van der Waals surface area contributed by atoms with Crippen LogP contribution in [0.25, 0.3) is 11.0 Å². The van der Waals surface area contributed by atoms with Crippen molar-refractivity contribution in [3.63, 3.8) is 0 Å². The van der Waals surface area contributed by atoms with E-state index in [1.54, 1.807) is 6.20 Å². The molecular weight excluding hydrogens is 388 g/mol. The summed E-state index contributed by atoms with van der Waals surface area (Å²) in [6.07, 6.45) is 5.55. The number of halogens is 1. The maximum atomic E-state index is 13.1. The molecule has 0 atom stereocenters. The van der Waals surface area contributed by atoms with E-state index in [-0.39, 0.29) is 5.91 Å². The zero-order chi connectivity index (χ0) is 19.8. The lowest BCUT2D eigenvalue weighted by molar-refractivity contribution is 0.0705. The molecule has 150 valence electrons. The van der Waals surface area contributed by atoms with E-state index in [1.807, 2.05) is 29.2 Å². The van der Waals surface area contributed by atoms with Crippen molar-refractivity contribution in [1.29, 1.82) is 0 Å². The number of benzene rings is 1. The van der Waals surface area contributed by atoms with Crippen molar-refractivity contribution in [3.05, 3.63) is 47.0 Å². The van der Waals surface area contributed by atoms with Gasteiger partial charge in [-0.15, -0.1) is 0 Å². The first-order chi connectivity index (χ1) is 14.2. The van der Waals surface area contributed by atoms with Gasteiger partial charge >= 0.3 is 0 Å². The van der Waals surface area contributed by atoms with Crippen LogP contribution in [0.3, 0.4) is 0 Å². The average Bonchev–Trinajstić information content (AvgIpc) is 3.44. The van der Waals surface area contributed by atoms with Crippen LogP contribution in [0.4, 0.5) is 5.95 Å². The van der Waals surface area contributed by atoms with E-state index >= 15 is 0 Å². The molecule has 1 N–H and O–H groups in total. The van der Waals surface area contributed by atoms with Gasteiger partial charge in [-0.25, -0.2) is 15.0 Å². The number of aromatic amines is 1. The normalized spacial score (nSPS) is 18.0. The van der Waals surface area contributed by atoms with Crippen molar-refractivity contribution >= 4 is 34.5 Å². The predicted octanol–water partition coefficient (Wildman–Crippen LogP) is 3.63. The molecule has 1 amide bonds. The van der Waals surface area contributed by atoms with Crippen LogP contribution in [0.5, 0.6) is 0 Å². The molecule has 2 aromatic heterocycles. The van der Waals surface area contributed by atoms with Gasteiger partial charge < -0.3 is 14.8 Å². The summed E-state index contributed by atoms with van der Waals surface area (Å²) in [5.74, 6) is 1.83.